The molecule has 0 fully saturated rings. The molecule has 14 heteroatoms. The average molecular weight is 428 g/mol. The molecule has 0 aliphatic rings. The molecule has 0 aliphatic carbocycles. The summed E-state index contributed by atoms with van der Waals surface area (Å²) in [6, 6.07) is 0.199. The molecule has 2 aromatic rings. The minimum Gasteiger partial charge on any atom is -0.481 e. The first-order chi connectivity index (χ1) is 13.7. The third kappa shape index (κ3) is 5.10. The van der Waals surface area contributed by atoms with Crippen molar-refractivity contribution in [1.29, 1.82) is 0 Å². The van der Waals surface area contributed by atoms with E-state index in [1.165, 1.54) is 20.3 Å². The number of anilines is 1. The van der Waals surface area contributed by atoms with Crippen LogP contribution in [-0.4, -0.2) is 61.0 Å². The molecule has 2 amide bonds. The fourth-order valence-electron chi connectivity index (χ4n) is 2.20. The molecule has 0 aromatic carbocycles. The summed E-state index contributed by atoms with van der Waals surface area (Å²) in [5, 5.41) is 5.51. The van der Waals surface area contributed by atoms with Crippen LogP contribution in [0.1, 0.15) is 24.2 Å². The molecule has 0 saturated heterocycles. The van der Waals surface area contributed by atoms with Crippen molar-refractivity contribution < 1.29 is 32.2 Å². The molecular weight excluding hydrogens is 408 g/mol. The summed E-state index contributed by atoms with van der Waals surface area (Å²) in [5.74, 6) is -0.968. The molecule has 2 rings (SSSR count). The maximum Gasteiger partial charge on any atom is 0.342 e. The normalized spacial score (nSPS) is 10.9. The second-order valence-electron chi connectivity index (χ2n) is 5.24. The van der Waals surface area contributed by atoms with E-state index >= 15 is 0 Å². The van der Waals surface area contributed by atoms with E-state index in [2.05, 4.69) is 20.4 Å². The zero-order chi connectivity index (χ0) is 21.6. The van der Waals surface area contributed by atoms with Gasteiger partial charge in [-0.15, -0.1) is 0 Å². The van der Waals surface area contributed by atoms with Crippen molar-refractivity contribution in [2.24, 2.45) is 0 Å². The molecular formula is C15H20N6O7S. The number of hydrogen-bond acceptors (Lipinski definition) is 10. The highest BCUT2D eigenvalue weighted by molar-refractivity contribution is 7.90. The fraction of sp³-hybridized carbons (Fsp3) is 0.400. The number of nitrogens with one attached hydrogen (secondary N) is 2. The Morgan fingerprint density at radius 2 is 1.76 bits per heavy atom. The lowest BCUT2D eigenvalue weighted by atomic mass is 10.4. The minimum atomic E-state index is -4.48. The molecule has 0 spiro atoms. The highest BCUT2D eigenvalue weighted by Crippen LogP contribution is 2.19. The van der Waals surface area contributed by atoms with E-state index in [1.54, 1.807) is 18.6 Å². The van der Waals surface area contributed by atoms with E-state index in [0.717, 1.165) is 10.9 Å². The molecule has 2 N–H and O–H groups in total. The van der Waals surface area contributed by atoms with Gasteiger partial charge >= 0.3 is 12.0 Å². The topological polar surface area (TPSA) is 164 Å². The van der Waals surface area contributed by atoms with Crippen LogP contribution in [0.3, 0.4) is 0 Å². The average Bonchev–Trinajstić information content (AvgIpc) is 3.12. The Morgan fingerprint density at radius 3 is 2.28 bits per heavy atom. The molecule has 0 atom stereocenters. The van der Waals surface area contributed by atoms with Crippen LogP contribution in [0.4, 0.5) is 10.7 Å². The largest absolute Gasteiger partial charge is 0.481 e. The van der Waals surface area contributed by atoms with E-state index in [1.807, 2.05) is 0 Å². The Kier molecular flexibility index (Phi) is 6.93. The van der Waals surface area contributed by atoms with Crippen LogP contribution in [0.2, 0.25) is 0 Å². The van der Waals surface area contributed by atoms with Crippen molar-refractivity contribution in [2.75, 3.05) is 26.1 Å². The first kappa shape index (κ1) is 21.9. The SMILES string of the molecule is CCOC(=O)c1cnn(CC)c1S(=O)(=O)NC(=O)Nc1nc(OC)cc(OC)n1. The van der Waals surface area contributed by atoms with Gasteiger partial charge < -0.3 is 14.2 Å². The van der Waals surface area contributed by atoms with Crippen LogP contribution in [0.25, 0.3) is 0 Å². The van der Waals surface area contributed by atoms with Crippen molar-refractivity contribution in [2.45, 2.75) is 25.4 Å². The lowest BCUT2D eigenvalue weighted by Gasteiger charge is -2.11. The summed E-state index contributed by atoms with van der Waals surface area (Å²) in [6.07, 6.45) is 1.06. The van der Waals surface area contributed by atoms with Crippen molar-refractivity contribution in [3.8, 4) is 11.8 Å². The highest BCUT2D eigenvalue weighted by atomic mass is 32.2. The number of sulfonamides is 1. The molecule has 0 bridgehead atoms. The number of urea groups is 1. The van der Waals surface area contributed by atoms with Crippen molar-refractivity contribution in [3.63, 3.8) is 0 Å². The summed E-state index contributed by atoms with van der Waals surface area (Å²) in [7, 11) is -1.79. The highest BCUT2D eigenvalue weighted by Gasteiger charge is 2.30. The summed E-state index contributed by atoms with van der Waals surface area (Å²) in [5.41, 5.74) is -0.298. The molecule has 2 heterocycles. The van der Waals surface area contributed by atoms with E-state index in [0.29, 0.717) is 0 Å². The maximum atomic E-state index is 12.7. The number of rotatable bonds is 8. The number of hydrogen-bond donors (Lipinski definition) is 2. The van der Waals surface area contributed by atoms with Gasteiger partial charge in [0.25, 0.3) is 10.0 Å². The smallest absolute Gasteiger partial charge is 0.342 e. The monoisotopic (exact) mass is 428 g/mol. The molecule has 0 radical (unpaired) electrons. The van der Waals surface area contributed by atoms with Crippen LogP contribution in [0.15, 0.2) is 17.3 Å². The van der Waals surface area contributed by atoms with Gasteiger partial charge in [-0.1, -0.05) is 0 Å². The van der Waals surface area contributed by atoms with Gasteiger partial charge in [-0.2, -0.15) is 23.5 Å². The minimum absolute atomic E-state index is 0.0402. The quantitative estimate of drug-likeness (QED) is 0.562. The Morgan fingerprint density at radius 1 is 1.14 bits per heavy atom. The number of carbonyl (C=O) groups is 2. The summed E-state index contributed by atoms with van der Waals surface area (Å²) in [4.78, 5) is 32.0. The van der Waals surface area contributed by atoms with Gasteiger partial charge in [0.2, 0.25) is 17.7 Å². The molecule has 2 aromatic heterocycles. The molecule has 0 unspecified atom stereocenters. The lowest BCUT2D eigenvalue weighted by molar-refractivity contribution is 0.0521. The van der Waals surface area contributed by atoms with Gasteiger partial charge in [-0.25, -0.2) is 14.3 Å². The van der Waals surface area contributed by atoms with Crippen molar-refractivity contribution >= 4 is 28.0 Å². The predicted molar refractivity (Wildman–Crippen MR) is 98.3 cm³/mol. The van der Waals surface area contributed by atoms with Gasteiger partial charge in [0.15, 0.2) is 5.03 Å². The summed E-state index contributed by atoms with van der Waals surface area (Å²) >= 11 is 0. The molecule has 158 valence electrons. The van der Waals surface area contributed by atoms with Gasteiger partial charge in [0.05, 0.1) is 33.1 Å². The number of methoxy groups -OCH3 is 2. The number of amides is 2. The standard InChI is InChI=1S/C15H20N6O7S/c1-5-21-12(9(8-16-21)13(22)28-6-2)29(24,25)20-15(23)19-14-17-10(26-3)7-11(18-14)27-4/h7-8H,5-6H2,1-4H3,(H2,17,18,19,20,23). The van der Waals surface area contributed by atoms with Crippen molar-refractivity contribution in [1.82, 2.24) is 24.5 Å². The van der Waals surface area contributed by atoms with Gasteiger partial charge in [-0.3, -0.25) is 10.00 Å². The first-order valence-corrected chi connectivity index (χ1v) is 9.77. The molecule has 0 aliphatic heterocycles. The van der Waals surface area contributed by atoms with Crippen LogP contribution >= 0.6 is 0 Å². The fourth-order valence-corrected chi connectivity index (χ4v) is 3.47. The second kappa shape index (κ2) is 9.18. The van der Waals surface area contributed by atoms with Gasteiger partial charge in [0, 0.05) is 6.54 Å². The predicted octanol–water partition coefficient (Wildman–Crippen LogP) is 0.397. The van der Waals surface area contributed by atoms with Gasteiger partial charge in [0.1, 0.15) is 5.56 Å². The second-order valence-corrected chi connectivity index (χ2v) is 6.83. The Labute approximate surface area is 166 Å². The van der Waals surface area contributed by atoms with Crippen LogP contribution < -0.4 is 19.5 Å². The van der Waals surface area contributed by atoms with Crippen LogP contribution in [-0.2, 0) is 21.3 Å². The number of carbonyl (C=O) groups excluding carboxylic acids is 2. The Hall–Kier alpha value is -3.42. The van der Waals surface area contributed by atoms with E-state index in [-0.39, 0.29) is 36.4 Å². The molecule has 29 heavy (non-hydrogen) atoms. The number of aryl methyl sites for hydroxylation is 1. The number of ether oxygens (including phenoxy) is 3. The summed E-state index contributed by atoms with van der Waals surface area (Å²) < 4.78 is 43.0. The Bertz CT molecular complexity index is 982. The van der Waals surface area contributed by atoms with Gasteiger partial charge in [-0.05, 0) is 13.8 Å². The van der Waals surface area contributed by atoms with E-state index in [9.17, 15) is 18.0 Å². The van der Waals surface area contributed by atoms with Crippen molar-refractivity contribution in [3.05, 3.63) is 17.8 Å². The zero-order valence-electron chi connectivity index (χ0n) is 16.1. The number of nitrogens with zero attached hydrogens (tertiary/aromatic N) is 4. The number of aromatic nitrogens is 4. The third-order valence-corrected chi connectivity index (χ3v) is 4.78. The maximum absolute atomic E-state index is 12.7. The third-order valence-electron chi connectivity index (χ3n) is 3.39. The Balaban J connectivity index is 2.29. The van der Waals surface area contributed by atoms with Crippen LogP contribution in [0, 0.1) is 0 Å². The molecule has 0 saturated carbocycles. The summed E-state index contributed by atoms with van der Waals surface area (Å²) in [6.45, 7) is 3.37. The zero-order valence-corrected chi connectivity index (χ0v) is 16.9. The molecule has 13 nitrogen and oxygen atoms in total. The lowest BCUT2D eigenvalue weighted by Crippen LogP contribution is -2.36. The number of esters is 1. The van der Waals surface area contributed by atoms with E-state index < -0.39 is 27.0 Å². The van der Waals surface area contributed by atoms with E-state index in [4.69, 9.17) is 14.2 Å². The van der Waals surface area contributed by atoms with Crippen LogP contribution in [0.5, 0.6) is 11.8 Å². The first-order valence-electron chi connectivity index (χ1n) is 8.29.